The number of rotatable bonds is 2. The molecule has 0 radical (unpaired) electrons. The van der Waals surface area contributed by atoms with Gasteiger partial charge in [-0.25, -0.2) is 4.79 Å². The minimum absolute atomic E-state index is 0.156. The molecule has 1 aromatic carbocycles. The maximum atomic E-state index is 11.2. The van der Waals surface area contributed by atoms with Crippen molar-refractivity contribution in [3.63, 3.8) is 0 Å². The molecule has 0 aliphatic heterocycles. The molecule has 0 bridgehead atoms. The molecule has 0 heterocycles. The van der Waals surface area contributed by atoms with Crippen LogP contribution in [-0.2, 0) is 11.3 Å². The molecule has 0 aliphatic carbocycles. The maximum absolute atomic E-state index is 11.2. The summed E-state index contributed by atoms with van der Waals surface area (Å²) in [7, 11) is 1.26. The predicted octanol–water partition coefficient (Wildman–Crippen LogP) is 1.46. The van der Waals surface area contributed by atoms with Gasteiger partial charge in [-0.1, -0.05) is 11.6 Å². The first-order valence-corrected chi connectivity index (χ1v) is 4.52. The second kappa shape index (κ2) is 4.78. The molecule has 2 N–H and O–H groups in total. The van der Waals surface area contributed by atoms with Crippen molar-refractivity contribution < 1.29 is 9.53 Å². The fourth-order valence-corrected chi connectivity index (χ4v) is 1.48. The predicted molar refractivity (Wildman–Crippen MR) is 55.4 cm³/mol. The van der Waals surface area contributed by atoms with E-state index in [4.69, 9.17) is 22.6 Å². The highest BCUT2D eigenvalue weighted by Gasteiger charge is 2.12. The summed E-state index contributed by atoms with van der Waals surface area (Å²) in [6, 6.07) is 4.79. The van der Waals surface area contributed by atoms with Gasteiger partial charge in [0.1, 0.15) is 0 Å². The van der Waals surface area contributed by atoms with E-state index in [2.05, 4.69) is 4.74 Å². The standard InChI is InChI=1S/C10H9ClN2O2/c1-15-10(14)6-2-7(4-12)8(5-13)9(11)3-6/h2-3H,5,13H2,1H3. The minimum atomic E-state index is -0.531. The van der Waals surface area contributed by atoms with Crippen LogP contribution in [0.25, 0.3) is 0 Å². The number of hydrogen-bond acceptors (Lipinski definition) is 4. The Morgan fingerprint density at radius 1 is 1.67 bits per heavy atom. The van der Waals surface area contributed by atoms with Crippen molar-refractivity contribution in [1.82, 2.24) is 0 Å². The van der Waals surface area contributed by atoms with Crippen LogP contribution in [0.2, 0.25) is 5.02 Å². The van der Waals surface area contributed by atoms with E-state index in [-0.39, 0.29) is 12.1 Å². The lowest BCUT2D eigenvalue weighted by Gasteiger charge is -2.06. The molecular formula is C10H9ClN2O2. The first-order chi connectivity index (χ1) is 7.13. The summed E-state index contributed by atoms with van der Waals surface area (Å²) in [5, 5.41) is 9.14. The number of benzene rings is 1. The van der Waals surface area contributed by atoms with Crippen LogP contribution in [-0.4, -0.2) is 13.1 Å². The number of carbonyl (C=O) groups excluding carboxylic acids is 1. The molecule has 1 aromatic rings. The Morgan fingerprint density at radius 3 is 2.80 bits per heavy atom. The highest BCUT2D eigenvalue weighted by molar-refractivity contribution is 6.31. The van der Waals surface area contributed by atoms with Gasteiger partial charge in [0, 0.05) is 17.1 Å². The first-order valence-electron chi connectivity index (χ1n) is 4.15. The van der Waals surface area contributed by atoms with Gasteiger partial charge in [-0.2, -0.15) is 5.26 Å². The number of hydrogen-bond donors (Lipinski definition) is 1. The van der Waals surface area contributed by atoms with Crippen molar-refractivity contribution >= 4 is 17.6 Å². The van der Waals surface area contributed by atoms with E-state index in [0.717, 1.165) is 0 Å². The summed E-state index contributed by atoms with van der Waals surface area (Å²) < 4.78 is 4.53. The molecule has 78 valence electrons. The van der Waals surface area contributed by atoms with Gasteiger partial charge in [-0.05, 0) is 12.1 Å². The van der Waals surface area contributed by atoms with Crippen LogP contribution in [0.1, 0.15) is 21.5 Å². The van der Waals surface area contributed by atoms with Crippen molar-refractivity contribution in [3.8, 4) is 6.07 Å². The average Bonchev–Trinajstić information content (AvgIpc) is 2.26. The van der Waals surface area contributed by atoms with Crippen LogP contribution in [0, 0.1) is 11.3 Å². The van der Waals surface area contributed by atoms with Gasteiger partial charge in [0.25, 0.3) is 0 Å². The Bertz CT molecular complexity index is 438. The summed E-state index contributed by atoms with van der Waals surface area (Å²) in [6.45, 7) is 0.156. The third-order valence-corrected chi connectivity index (χ3v) is 2.28. The van der Waals surface area contributed by atoms with Crippen molar-refractivity contribution in [2.45, 2.75) is 6.54 Å². The Balaban J connectivity index is 3.33. The molecule has 1 rings (SSSR count). The van der Waals surface area contributed by atoms with Gasteiger partial charge >= 0.3 is 5.97 Å². The molecule has 0 unspecified atom stereocenters. The fraction of sp³-hybridized carbons (Fsp3) is 0.200. The molecule has 0 aliphatic rings. The number of nitriles is 1. The summed E-state index contributed by atoms with van der Waals surface area (Å²) >= 11 is 5.88. The van der Waals surface area contributed by atoms with Gasteiger partial charge < -0.3 is 10.5 Å². The molecule has 0 saturated heterocycles. The number of carbonyl (C=O) groups is 1. The summed E-state index contributed by atoms with van der Waals surface area (Å²) in [4.78, 5) is 11.2. The third-order valence-electron chi connectivity index (χ3n) is 1.94. The Hall–Kier alpha value is -1.57. The quantitative estimate of drug-likeness (QED) is 0.772. The molecule has 0 saturated carbocycles. The van der Waals surface area contributed by atoms with E-state index >= 15 is 0 Å². The Kier molecular flexibility index (Phi) is 3.67. The van der Waals surface area contributed by atoms with Crippen molar-refractivity contribution in [1.29, 1.82) is 5.26 Å². The van der Waals surface area contributed by atoms with Crippen LogP contribution >= 0.6 is 11.6 Å². The van der Waals surface area contributed by atoms with Gasteiger partial charge in [-0.3, -0.25) is 0 Å². The zero-order valence-corrected chi connectivity index (χ0v) is 8.84. The molecule has 0 fully saturated rings. The second-order valence-corrected chi connectivity index (χ2v) is 3.20. The Morgan fingerprint density at radius 2 is 2.33 bits per heavy atom. The number of halogens is 1. The smallest absolute Gasteiger partial charge is 0.337 e. The maximum Gasteiger partial charge on any atom is 0.337 e. The highest BCUT2D eigenvalue weighted by Crippen LogP contribution is 2.22. The lowest BCUT2D eigenvalue weighted by molar-refractivity contribution is 0.0600. The Labute approximate surface area is 92.2 Å². The van der Waals surface area contributed by atoms with E-state index < -0.39 is 5.97 Å². The molecule has 0 amide bonds. The van der Waals surface area contributed by atoms with Crippen LogP contribution < -0.4 is 5.73 Å². The molecular weight excluding hydrogens is 216 g/mol. The van der Waals surface area contributed by atoms with Crippen molar-refractivity contribution in [2.75, 3.05) is 7.11 Å². The number of ether oxygens (including phenoxy) is 1. The van der Waals surface area contributed by atoms with Crippen LogP contribution in [0.3, 0.4) is 0 Å². The zero-order chi connectivity index (χ0) is 11.4. The summed E-state index contributed by atoms with van der Waals surface area (Å²) in [5.74, 6) is -0.531. The normalized spacial score (nSPS) is 9.47. The number of nitrogens with zero attached hydrogens (tertiary/aromatic N) is 1. The summed E-state index contributed by atoms with van der Waals surface area (Å²) in [6.07, 6.45) is 0. The lowest BCUT2D eigenvalue weighted by atomic mass is 10.0. The molecule has 5 heteroatoms. The number of esters is 1. The number of methoxy groups -OCH3 is 1. The van der Waals surface area contributed by atoms with E-state index in [9.17, 15) is 4.79 Å². The van der Waals surface area contributed by atoms with E-state index in [1.54, 1.807) is 0 Å². The molecule has 15 heavy (non-hydrogen) atoms. The first kappa shape index (κ1) is 11.5. The number of nitrogens with two attached hydrogens (primary N) is 1. The average molecular weight is 225 g/mol. The third kappa shape index (κ3) is 2.27. The SMILES string of the molecule is COC(=O)c1cc(Cl)c(CN)c(C#N)c1. The van der Waals surface area contributed by atoms with Crippen LogP contribution in [0.5, 0.6) is 0 Å². The molecule has 0 atom stereocenters. The van der Waals surface area contributed by atoms with Crippen LogP contribution in [0.4, 0.5) is 0 Å². The second-order valence-electron chi connectivity index (χ2n) is 2.79. The van der Waals surface area contributed by atoms with Gasteiger partial charge in [0.15, 0.2) is 0 Å². The minimum Gasteiger partial charge on any atom is -0.465 e. The van der Waals surface area contributed by atoms with Crippen molar-refractivity contribution in [2.24, 2.45) is 5.73 Å². The van der Waals surface area contributed by atoms with Crippen LogP contribution in [0.15, 0.2) is 12.1 Å². The molecule has 4 nitrogen and oxygen atoms in total. The zero-order valence-electron chi connectivity index (χ0n) is 8.08. The van der Waals surface area contributed by atoms with Crippen molar-refractivity contribution in [3.05, 3.63) is 33.8 Å². The molecule has 0 aromatic heterocycles. The van der Waals surface area contributed by atoms with E-state index in [1.165, 1.54) is 19.2 Å². The largest absolute Gasteiger partial charge is 0.465 e. The highest BCUT2D eigenvalue weighted by atomic mass is 35.5. The van der Waals surface area contributed by atoms with E-state index in [1.807, 2.05) is 6.07 Å². The fourth-order valence-electron chi connectivity index (χ4n) is 1.18. The van der Waals surface area contributed by atoms with E-state index in [0.29, 0.717) is 16.1 Å². The lowest BCUT2D eigenvalue weighted by Crippen LogP contribution is -2.06. The van der Waals surface area contributed by atoms with Gasteiger partial charge in [0.05, 0.1) is 24.3 Å². The van der Waals surface area contributed by atoms with Gasteiger partial charge in [0.2, 0.25) is 0 Å². The summed E-state index contributed by atoms with van der Waals surface area (Å²) in [5.41, 5.74) is 6.51. The monoisotopic (exact) mass is 224 g/mol. The molecule has 0 spiro atoms. The topological polar surface area (TPSA) is 76.1 Å². The van der Waals surface area contributed by atoms with Gasteiger partial charge in [-0.15, -0.1) is 0 Å².